The van der Waals surface area contributed by atoms with Gasteiger partial charge in [-0.15, -0.1) is 11.3 Å². The van der Waals surface area contributed by atoms with E-state index in [1.165, 1.54) is 52.5 Å². The predicted octanol–water partition coefficient (Wildman–Crippen LogP) is 2.46. The third kappa shape index (κ3) is 5.30. The molecule has 1 aliphatic rings. The second-order valence-corrected chi connectivity index (χ2v) is 9.36. The molecule has 144 valence electrons. The maximum Gasteiger partial charge on any atom is 0.279 e. The normalized spacial score (nSPS) is 14.0. The Bertz CT molecular complexity index is 926. The Morgan fingerprint density at radius 2 is 1.63 bits per heavy atom. The van der Waals surface area contributed by atoms with Crippen LogP contribution in [0, 0.1) is 0 Å². The number of carbonyl (C=O) groups is 2. The maximum atomic E-state index is 12.3. The van der Waals surface area contributed by atoms with Crippen molar-refractivity contribution in [3.05, 3.63) is 51.2 Å². The molecule has 0 aliphatic heterocycles. The van der Waals surface area contributed by atoms with E-state index in [4.69, 9.17) is 0 Å². The lowest BCUT2D eigenvalue weighted by Gasteiger charge is -2.08. The van der Waals surface area contributed by atoms with Crippen LogP contribution in [-0.4, -0.2) is 26.5 Å². The third-order valence-corrected chi connectivity index (χ3v) is 6.05. The van der Waals surface area contributed by atoms with Gasteiger partial charge in [-0.25, -0.2) is 8.42 Å². The van der Waals surface area contributed by atoms with Crippen molar-refractivity contribution in [2.75, 3.05) is 11.0 Å². The monoisotopic (exact) mass is 407 g/mol. The van der Waals surface area contributed by atoms with E-state index in [0.29, 0.717) is 16.1 Å². The van der Waals surface area contributed by atoms with Gasteiger partial charge in [-0.1, -0.05) is 6.42 Å². The zero-order valence-corrected chi connectivity index (χ0v) is 16.5. The smallest absolute Gasteiger partial charge is 0.279 e. The molecule has 1 heterocycles. The lowest BCUT2D eigenvalue weighted by atomic mass is 10.1. The average Bonchev–Trinajstić information content (AvgIpc) is 2.89. The van der Waals surface area contributed by atoms with Crippen molar-refractivity contribution in [1.29, 1.82) is 0 Å². The minimum Gasteiger partial charge on any atom is -0.284 e. The third-order valence-electron chi connectivity index (χ3n) is 4.21. The molecule has 2 aromatic rings. The van der Waals surface area contributed by atoms with E-state index < -0.39 is 15.9 Å². The molecule has 1 aliphatic carbocycles. The van der Waals surface area contributed by atoms with E-state index >= 15 is 0 Å². The SMILES string of the molecule is CS(=O)(=O)Nc1ccc(C(=O)NNC(=O)c2cc3c(s2)CCCCC3)cc1. The fraction of sp³-hybridized carbons (Fsp3) is 0.333. The van der Waals surface area contributed by atoms with Gasteiger partial charge in [0.2, 0.25) is 10.0 Å². The van der Waals surface area contributed by atoms with Crippen LogP contribution in [0.2, 0.25) is 0 Å². The van der Waals surface area contributed by atoms with E-state index in [0.717, 1.165) is 31.9 Å². The molecule has 2 amide bonds. The topological polar surface area (TPSA) is 104 Å². The van der Waals surface area contributed by atoms with Crippen LogP contribution >= 0.6 is 11.3 Å². The number of sulfonamides is 1. The highest BCUT2D eigenvalue weighted by molar-refractivity contribution is 7.92. The van der Waals surface area contributed by atoms with Gasteiger partial charge < -0.3 is 0 Å². The molecule has 0 saturated heterocycles. The molecule has 0 saturated carbocycles. The summed E-state index contributed by atoms with van der Waals surface area (Å²) in [5.41, 5.74) is 6.72. The minimum absolute atomic E-state index is 0.302. The lowest BCUT2D eigenvalue weighted by Crippen LogP contribution is -2.41. The molecule has 27 heavy (non-hydrogen) atoms. The zero-order chi connectivity index (χ0) is 19.4. The molecule has 1 aromatic heterocycles. The summed E-state index contributed by atoms with van der Waals surface area (Å²) in [4.78, 5) is 26.3. The van der Waals surface area contributed by atoms with Crippen molar-refractivity contribution in [1.82, 2.24) is 10.9 Å². The highest BCUT2D eigenvalue weighted by Gasteiger charge is 2.17. The summed E-state index contributed by atoms with van der Waals surface area (Å²) in [6, 6.07) is 7.82. The van der Waals surface area contributed by atoms with Gasteiger partial charge >= 0.3 is 0 Å². The second kappa shape index (κ2) is 8.10. The van der Waals surface area contributed by atoms with Crippen LogP contribution in [0.15, 0.2) is 30.3 Å². The molecule has 9 heteroatoms. The number of amides is 2. The number of fused-ring (bicyclic) bond motifs is 1. The maximum absolute atomic E-state index is 12.3. The Balaban J connectivity index is 1.58. The van der Waals surface area contributed by atoms with Crippen molar-refractivity contribution in [3.63, 3.8) is 0 Å². The molecule has 0 atom stereocenters. The molecule has 0 spiro atoms. The first-order valence-electron chi connectivity index (χ1n) is 8.62. The Hall–Kier alpha value is -2.39. The van der Waals surface area contributed by atoms with Crippen molar-refractivity contribution in [3.8, 4) is 0 Å². The molecular weight excluding hydrogens is 386 g/mol. The number of rotatable bonds is 4. The zero-order valence-electron chi connectivity index (χ0n) is 14.9. The van der Waals surface area contributed by atoms with Gasteiger partial charge in [0, 0.05) is 16.1 Å². The lowest BCUT2D eigenvalue weighted by molar-refractivity contribution is 0.0849. The van der Waals surface area contributed by atoms with E-state index in [2.05, 4.69) is 15.6 Å². The number of hydrogen-bond acceptors (Lipinski definition) is 5. The van der Waals surface area contributed by atoms with E-state index in [9.17, 15) is 18.0 Å². The molecule has 3 rings (SSSR count). The van der Waals surface area contributed by atoms with Gasteiger partial charge in [-0.05, 0) is 61.6 Å². The molecule has 1 aromatic carbocycles. The Kier molecular flexibility index (Phi) is 5.81. The summed E-state index contributed by atoms with van der Waals surface area (Å²) < 4.78 is 24.7. The Labute approximate surface area is 162 Å². The number of anilines is 1. The van der Waals surface area contributed by atoms with Crippen LogP contribution in [0.4, 0.5) is 5.69 Å². The summed E-state index contributed by atoms with van der Waals surface area (Å²) in [7, 11) is -3.37. The largest absolute Gasteiger partial charge is 0.284 e. The van der Waals surface area contributed by atoms with Gasteiger partial charge in [-0.3, -0.25) is 25.2 Å². The molecular formula is C18H21N3O4S2. The van der Waals surface area contributed by atoms with Crippen LogP contribution in [-0.2, 0) is 22.9 Å². The number of nitrogens with one attached hydrogen (secondary N) is 3. The number of hydrogen-bond donors (Lipinski definition) is 3. The van der Waals surface area contributed by atoms with Crippen LogP contribution in [0.3, 0.4) is 0 Å². The van der Waals surface area contributed by atoms with Gasteiger partial charge in [0.15, 0.2) is 0 Å². The van der Waals surface area contributed by atoms with Crippen molar-refractivity contribution in [2.24, 2.45) is 0 Å². The van der Waals surface area contributed by atoms with E-state index in [1.54, 1.807) is 0 Å². The average molecular weight is 408 g/mol. The van der Waals surface area contributed by atoms with Gasteiger partial charge in [-0.2, -0.15) is 0 Å². The summed E-state index contributed by atoms with van der Waals surface area (Å²) in [6.07, 6.45) is 6.57. The fourth-order valence-electron chi connectivity index (χ4n) is 2.93. The van der Waals surface area contributed by atoms with Crippen LogP contribution in [0.25, 0.3) is 0 Å². The van der Waals surface area contributed by atoms with E-state index in [1.807, 2.05) is 6.07 Å². The van der Waals surface area contributed by atoms with Crippen LogP contribution < -0.4 is 15.6 Å². The highest BCUT2D eigenvalue weighted by Crippen LogP contribution is 2.28. The second-order valence-electron chi connectivity index (χ2n) is 6.48. The predicted molar refractivity (Wildman–Crippen MR) is 105 cm³/mol. The summed E-state index contributed by atoms with van der Waals surface area (Å²) in [5.74, 6) is -0.816. The van der Waals surface area contributed by atoms with Crippen molar-refractivity contribution >= 4 is 38.9 Å². The fourth-order valence-corrected chi connectivity index (χ4v) is 4.64. The quantitative estimate of drug-likeness (QED) is 0.535. The van der Waals surface area contributed by atoms with E-state index in [-0.39, 0.29) is 5.91 Å². The highest BCUT2D eigenvalue weighted by atomic mass is 32.2. The number of carbonyl (C=O) groups excluding carboxylic acids is 2. The standard InChI is InChI=1S/C18H21N3O4S2/c1-27(24,25)21-14-9-7-12(8-10-14)17(22)19-20-18(23)16-11-13-5-3-2-4-6-15(13)26-16/h7-11,21H,2-6H2,1H3,(H,19,22)(H,20,23). The molecule has 0 bridgehead atoms. The minimum atomic E-state index is -3.37. The number of aryl methyl sites for hydroxylation is 2. The molecule has 3 N–H and O–H groups in total. The molecule has 0 radical (unpaired) electrons. The van der Waals surface area contributed by atoms with Crippen LogP contribution in [0.5, 0.6) is 0 Å². The van der Waals surface area contributed by atoms with Gasteiger partial charge in [0.25, 0.3) is 11.8 Å². The number of hydrazine groups is 1. The number of thiophene rings is 1. The van der Waals surface area contributed by atoms with Crippen LogP contribution in [0.1, 0.15) is 49.7 Å². The van der Waals surface area contributed by atoms with Crippen molar-refractivity contribution in [2.45, 2.75) is 32.1 Å². The summed E-state index contributed by atoms with van der Waals surface area (Å²) in [5, 5.41) is 0. The first-order chi connectivity index (χ1) is 12.8. The Morgan fingerprint density at radius 1 is 0.963 bits per heavy atom. The van der Waals surface area contributed by atoms with Gasteiger partial charge in [0.1, 0.15) is 0 Å². The van der Waals surface area contributed by atoms with Crippen molar-refractivity contribution < 1.29 is 18.0 Å². The number of benzene rings is 1. The first kappa shape index (κ1) is 19.4. The molecule has 7 nitrogen and oxygen atoms in total. The first-order valence-corrected chi connectivity index (χ1v) is 11.3. The molecule has 0 fully saturated rings. The van der Waals surface area contributed by atoms with Gasteiger partial charge in [0.05, 0.1) is 11.1 Å². The molecule has 0 unspecified atom stereocenters. The summed E-state index contributed by atoms with van der Waals surface area (Å²) in [6.45, 7) is 0. The Morgan fingerprint density at radius 3 is 2.33 bits per heavy atom. The summed E-state index contributed by atoms with van der Waals surface area (Å²) >= 11 is 1.48.